The lowest BCUT2D eigenvalue weighted by Gasteiger charge is -2.51. The maximum absolute atomic E-state index is 12.9. The first-order chi connectivity index (χ1) is 15.7. The number of phosphoric acid groups is 1. The highest BCUT2D eigenvalue weighted by molar-refractivity contribution is 7.46. The highest BCUT2D eigenvalue weighted by Gasteiger charge is 2.58. The number of hydrogen-bond donors (Lipinski definition) is 6. The number of carbonyl (C=O) groups excluding carboxylic acids is 2. The Bertz CT molecular complexity index is 1270. The van der Waals surface area contributed by atoms with Gasteiger partial charge in [0, 0.05) is 11.4 Å². The van der Waals surface area contributed by atoms with E-state index in [1.54, 1.807) is 0 Å². The summed E-state index contributed by atoms with van der Waals surface area (Å²) >= 11 is 0.987. The molecule has 0 aromatic carbocycles. The highest BCUT2D eigenvalue weighted by Crippen LogP contribution is 2.44. The Hall–Kier alpha value is -3.50. The number of nitrogens with two attached hydrogens (primary N) is 1. The summed E-state index contributed by atoms with van der Waals surface area (Å²) in [6, 6.07) is -0.358. The SMILES string of the molecule is CC1(C)[C@H](NC(=O)/C(=N\OCc2cc(=O)c(O)cn2O)c2csc(N)n2)C(=O)N1OP(=O)(O)O. The fourth-order valence-corrected chi connectivity index (χ4v) is 3.92. The number of thiazole rings is 1. The van der Waals surface area contributed by atoms with Gasteiger partial charge >= 0.3 is 7.82 Å². The molecule has 1 aliphatic heterocycles. The molecule has 0 unspecified atom stereocenters. The predicted octanol–water partition coefficient (Wildman–Crippen LogP) is -1.12. The van der Waals surface area contributed by atoms with Crippen LogP contribution in [0, 0.1) is 0 Å². The van der Waals surface area contributed by atoms with E-state index in [0.29, 0.717) is 9.79 Å². The van der Waals surface area contributed by atoms with E-state index in [4.69, 9.17) is 20.4 Å². The number of pyridine rings is 1. The molecule has 1 saturated heterocycles. The first-order valence-electron chi connectivity index (χ1n) is 9.16. The number of nitrogen functional groups attached to an aromatic ring is 1. The number of oxime groups is 1. The van der Waals surface area contributed by atoms with Gasteiger partial charge in [-0.05, 0) is 13.8 Å². The molecule has 34 heavy (non-hydrogen) atoms. The minimum absolute atomic E-state index is 0.0139. The molecule has 2 aromatic rings. The van der Waals surface area contributed by atoms with Crippen molar-refractivity contribution in [3.05, 3.63) is 39.3 Å². The quantitative estimate of drug-likeness (QED) is 0.0801. The van der Waals surface area contributed by atoms with Gasteiger partial charge in [0.1, 0.15) is 17.4 Å². The number of carbonyl (C=O) groups is 2. The van der Waals surface area contributed by atoms with Crippen molar-refractivity contribution in [1.82, 2.24) is 20.1 Å². The number of β-lactam (4-membered cyclic amide) rings is 1. The van der Waals surface area contributed by atoms with Gasteiger partial charge in [-0.1, -0.05) is 5.16 Å². The Kier molecular flexibility index (Phi) is 6.68. The predicted molar refractivity (Wildman–Crippen MR) is 113 cm³/mol. The smallest absolute Gasteiger partial charge is 0.491 e. The molecule has 1 fully saturated rings. The molecule has 7 N–H and O–H groups in total. The molecular formula is C16H19N6O10PS. The van der Waals surface area contributed by atoms with Crippen molar-refractivity contribution in [1.29, 1.82) is 0 Å². The van der Waals surface area contributed by atoms with Crippen LogP contribution in [0.2, 0.25) is 0 Å². The zero-order valence-corrected chi connectivity index (χ0v) is 19.2. The molecule has 1 atom stereocenters. The molecule has 3 heterocycles. The van der Waals surface area contributed by atoms with E-state index in [0.717, 1.165) is 23.6 Å². The van der Waals surface area contributed by atoms with Gasteiger partial charge in [0.05, 0.1) is 11.7 Å². The van der Waals surface area contributed by atoms with Crippen molar-refractivity contribution < 1.29 is 43.7 Å². The molecule has 3 rings (SSSR count). The lowest BCUT2D eigenvalue weighted by atomic mass is 9.84. The first kappa shape index (κ1) is 25.1. The number of hydrogen-bond acceptors (Lipinski definition) is 12. The third-order valence-electron chi connectivity index (χ3n) is 4.58. The van der Waals surface area contributed by atoms with E-state index >= 15 is 0 Å². The standard InChI is InChI=1S/C16H19N6O10PS/c1-16(2)12(14(26)22(16)32-33(28,29)30)19-13(25)11(8-6-34-15(17)18-8)20-31-5-7-3-9(23)10(24)4-21(7)27/h3-4,6,12,24,27H,5H2,1-2H3,(H2,17,18)(H,19,25)(H2,28,29,30)/b20-11-/t12-/m1/s1. The summed E-state index contributed by atoms with van der Waals surface area (Å²) in [4.78, 5) is 63.6. The van der Waals surface area contributed by atoms with Gasteiger partial charge in [-0.25, -0.2) is 14.6 Å². The molecular weight excluding hydrogens is 499 g/mol. The highest BCUT2D eigenvalue weighted by atomic mass is 32.1. The molecule has 0 bridgehead atoms. The molecule has 0 saturated carbocycles. The van der Waals surface area contributed by atoms with E-state index in [1.807, 2.05) is 0 Å². The lowest BCUT2D eigenvalue weighted by Crippen LogP contribution is -2.76. The largest absolute Gasteiger partial charge is 0.503 e. The number of nitrogens with zero attached hydrogens (tertiary/aromatic N) is 4. The number of amides is 2. The summed E-state index contributed by atoms with van der Waals surface area (Å²) in [5.41, 5.74) is 2.94. The minimum atomic E-state index is -5.02. The van der Waals surface area contributed by atoms with Crippen LogP contribution < -0.4 is 16.5 Å². The van der Waals surface area contributed by atoms with Crippen LogP contribution in [0.5, 0.6) is 5.75 Å². The van der Waals surface area contributed by atoms with E-state index in [1.165, 1.54) is 19.2 Å². The van der Waals surface area contributed by atoms with Crippen LogP contribution in [0.4, 0.5) is 5.13 Å². The van der Waals surface area contributed by atoms with Crippen LogP contribution in [-0.2, 0) is 30.2 Å². The molecule has 2 aromatic heterocycles. The normalized spacial score (nSPS) is 17.9. The van der Waals surface area contributed by atoms with E-state index in [-0.39, 0.29) is 16.5 Å². The maximum atomic E-state index is 12.9. The summed E-state index contributed by atoms with van der Waals surface area (Å²) in [5.74, 6) is -2.56. The van der Waals surface area contributed by atoms with Crippen molar-refractivity contribution >= 4 is 41.8 Å². The zero-order valence-electron chi connectivity index (χ0n) is 17.5. The number of hydroxylamine groups is 2. The van der Waals surface area contributed by atoms with E-state index < -0.39 is 54.7 Å². The average molecular weight is 518 g/mol. The second kappa shape index (κ2) is 9.03. The van der Waals surface area contributed by atoms with Gasteiger partial charge in [-0.2, -0.15) is 9.35 Å². The third kappa shape index (κ3) is 5.18. The van der Waals surface area contributed by atoms with E-state index in [9.17, 15) is 29.3 Å². The Labute approximate surface area is 194 Å². The number of nitrogens with one attached hydrogen (secondary N) is 1. The second-order valence-electron chi connectivity index (χ2n) is 7.41. The van der Waals surface area contributed by atoms with E-state index in [2.05, 4.69) is 20.1 Å². The van der Waals surface area contributed by atoms with Crippen molar-refractivity contribution in [2.45, 2.75) is 32.0 Å². The second-order valence-corrected chi connectivity index (χ2v) is 9.44. The Morgan fingerprint density at radius 1 is 1.41 bits per heavy atom. The third-order valence-corrected chi connectivity index (χ3v) is 5.63. The Morgan fingerprint density at radius 3 is 2.65 bits per heavy atom. The summed E-state index contributed by atoms with van der Waals surface area (Å²) in [6.07, 6.45) is 0.745. The monoisotopic (exact) mass is 518 g/mol. The molecule has 16 nitrogen and oxygen atoms in total. The molecule has 0 aliphatic carbocycles. The minimum Gasteiger partial charge on any atom is -0.503 e. The molecule has 18 heteroatoms. The average Bonchev–Trinajstić information content (AvgIpc) is 3.16. The number of anilines is 1. The van der Waals surface area contributed by atoms with Gasteiger partial charge in [-0.3, -0.25) is 14.4 Å². The summed E-state index contributed by atoms with van der Waals surface area (Å²) in [6.45, 7) is 2.29. The van der Waals surface area contributed by atoms with Gasteiger partial charge in [0.25, 0.3) is 11.8 Å². The zero-order chi connectivity index (χ0) is 25.4. The topological polar surface area (TPSA) is 239 Å². The van der Waals surface area contributed by atoms with Crippen LogP contribution in [0.3, 0.4) is 0 Å². The maximum Gasteiger partial charge on any atom is 0.491 e. The lowest BCUT2D eigenvalue weighted by molar-refractivity contribution is -0.223. The molecule has 2 amide bonds. The molecule has 0 radical (unpaired) electrons. The van der Waals surface area contributed by atoms with Crippen molar-refractivity contribution in [3.63, 3.8) is 0 Å². The number of aromatic hydroxyl groups is 1. The Morgan fingerprint density at radius 2 is 2.09 bits per heavy atom. The summed E-state index contributed by atoms with van der Waals surface area (Å²) in [7, 11) is -5.02. The summed E-state index contributed by atoms with van der Waals surface area (Å²) < 4.78 is 15.9. The van der Waals surface area contributed by atoms with Crippen LogP contribution in [0.15, 0.2) is 27.6 Å². The Balaban J connectivity index is 1.80. The van der Waals surface area contributed by atoms with Gasteiger partial charge in [-0.15, -0.1) is 11.3 Å². The number of aromatic nitrogens is 2. The van der Waals surface area contributed by atoms with Crippen LogP contribution in [0.25, 0.3) is 0 Å². The molecule has 0 spiro atoms. The van der Waals surface area contributed by atoms with Crippen LogP contribution in [0.1, 0.15) is 25.2 Å². The number of rotatable bonds is 8. The van der Waals surface area contributed by atoms with Crippen LogP contribution in [-0.4, -0.2) is 64.0 Å². The fourth-order valence-electron chi connectivity index (χ4n) is 2.87. The molecule has 184 valence electrons. The first-order valence-corrected chi connectivity index (χ1v) is 11.6. The van der Waals surface area contributed by atoms with Crippen molar-refractivity contribution in [2.75, 3.05) is 5.73 Å². The molecule has 1 aliphatic rings. The van der Waals surface area contributed by atoms with Gasteiger partial charge in [0.2, 0.25) is 5.43 Å². The van der Waals surface area contributed by atoms with Crippen molar-refractivity contribution in [3.8, 4) is 5.75 Å². The van der Waals surface area contributed by atoms with Gasteiger partial charge in [0.15, 0.2) is 23.2 Å². The van der Waals surface area contributed by atoms with Crippen molar-refractivity contribution in [2.24, 2.45) is 5.16 Å². The fraction of sp³-hybridized carbons (Fsp3) is 0.312. The van der Waals surface area contributed by atoms with Gasteiger partial charge < -0.3 is 36.0 Å². The van der Waals surface area contributed by atoms with Crippen LogP contribution >= 0.6 is 19.2 Å². The summed E-state index contributed by atoms with van der Waals surface area (Å²) in [5, 5.41) is 27.0.